The van der Waals surface area contributed by atoms with Gasteiger partial charge in [-0.3, -0.25) is 4.79 Å². The largest absolute Gasteiger partial charge is 0.381 e. The normalized spacial score (nSPS) is 16.9. The van der Waals surface area contributed by atoms with E-state index in [0.29, 0.717) is 0 Å². The number of ketones is 1. The van der Waals surface area contributed by atoms with Crippen molar-refractivity contribution < 1.29 is 12.5 Å². The number of ether oxygens (including phenoxy) is 1. The Bertz CT molecular complexity index is 2680. The van der Waals surface area contributed by atoms with E-state index < -0.39 is 10.8 Å². The highest BCUT2D eigenvalue weighted by Gasteiger charge is 2.59. The predicted octanol–water partition coefficient (Wildman–Crippen LogP) is 13.3. The van der Waals surface area contributed by atoms with Crippen LogP contribution in [0.3, 0.4) is 0 Å². The first-order valence-corrected chi connectivity index (χ1v) is 20.7. The second-order valence-electron chi connectivity index (χ2n) is 16.2. The van der Waals surface area contributed by atoms with Crippen molar-refractivity contribution in [1.29, 1.82) is 0 Å². The van der Waals surface area contributed by atoms with Gasteiger partial charge in [0.05, 0.1) is 10.8 Å². The van der Waals surface area contributed by atoms with Crippen molar-refractivity contribution in [1.82, 2.24) is 0 Å². The van der Waals surface area contributed by atoms with Crippen LogP contribution in [0.5, 0.6) is 0 Å². The fraction of sp³-hybridized carbons (Fsp3) is 0.196. The van der Waals surface area contributed by atoms with Crippen molar-refractivity contribution in [2.24, 2.45) is 0 Å². The maximum Gasteiger partial charge on any atom is 0.155 e. The summed E-state index contributed by atoms with van der Waals surface area (Å²) in [4.78, 5) is 10.4. The summed E-state index contributed by atoms with van der Waals surface area (Å²) in [5.74, 6) is 0.284. The molecule has 2 spiro atoms. The summed E-state index contributed by atoms with van der Waals surface area (Å²) in [5.41, 5.74) is 21.4. The SMILES string of the molecule is C.C1CCOC1.O=C1C=CCCC1.[2H][2H].c1ccc2c(c1)Cc1cc3c(cc1-2)C1(c2ccccc2-c2ccccc21)c1ccccc1C31c2ccccc2-c2ccccc21. The van der Waals surface area contributed by atoms with E-state index in [2.05, 4.69) is 158 Å². The third kappa shape index (κ3) is 5.11. The van der Waals surface area contributed by atoms with Gasteiger partial charge in [0.1, 0.15) is 0 Å². The molecule has 1 heterocycles. The molecule has 286 valence electrons. The number of carbonyl (C=O) groups excluding carboxylic acids is 1. The minimum Gasteiger partial charge on any atom is -0.381 e. The Morgan fingerprint density at radius 3 is 1.29 bits per heavy atom. The Balaban J connectivity index is 0.000000266. The minimum absolute atomic E-state index is 0. The standard InChI is InChI=1S/C45H28.C6H8O.C4H8O.CH4.H2/c1-2-14-30-28(13-1)25-29-26-42-43(27-35(29)30)45(38-21-9-5-17-33(38)34-18-6-10-22-39(34)45)41-24-12-11-23-40(41)44(42)36-19-7-3-15-31(36)32-16-4-8-20-37(32)44;7-6-4-2-1-3-5-6;1-2-4-5-3-1;;/h1-24,26-27H,25H2;2,4H,1,3,5H2;1-4H2;1H4;1H/i;;;;1+1D. The molecule has 0 unspecified atom stereocenters. The average molecular weight is 757 g/mol. The van der Waals surface area contributed by atoms with Gasteiger partial charge in [0.2, 0.25) is 0 Å². The molecule has 1 fully saturated rings. The third-order valence-corrected chi connectivity index (χ3v) is 13.3. The first-order chi connectivity index (χ1) is 29.2. The van der Waals surface area contributed by atoms with Gasteiger partial charge >= 0.3 is 0 Å². The molecule has 6 aliphatic rings. The molecule has 5 aliphatic carbocycles. The molecule has 0 amide bonds. The van der Waals surface area contributed by atoms with Gasteiger partial charge in [0, 0.05) is 22.6 Å². The lowest BCUT2D eigenvalue weighted by Gasteiger charge is -2.49. The Morgan fingerprint density at radius 1 is 0.448 bits per heavy atom. The second kappa shape index (κ2) is 14.4. The van der Waals surface area contributed by atoms with Gasteiger partial charge in [-0.15, -0.1) is 0 Å². The van der Waals surface area contributed by atoms with Gasteiger partial charge in [0.25, 0.3) is 0 Å². The van der Waals surface area contributed by atoms with Crippen LogP contribution in [0.2, 0.25) is 0 Å². The van der Waals surface area contributed by atoms with Crippen LogP contribution in [0.15, 0.2) is 170 Å². The monoisotopic (exact) mass is 756 g/mol. The van der Waals surface area contributed by atoms with Crippen LogP contribution >= 0.6 is 0 Å². The molecular formula is C56H50O2. The van der Waals surface area contributed by atoms with Crippen molar-refractivity contribution in [3.05, 3.63) is 226 Å². The molecule has 58 heavy (non-hydrogen) atoms. The van der Waals surface area contributed by atoms with Crippen molar-refractivity contribution in [3.8, 4) is 33.4 Å². The lowest BCUT2D eigenvalue weighted by Crippen LogP contribution is -2.44. The van der Waals surface area contributed by atoms with E-state index in [9.17, 15) is 4.79 Å². The minimum atomic E-state index is -0.427. The Morgan fingerprint density at radius 2 is 0.879 bits per heavy atom. The molecule has 7 aromatic rings. The molecule has 0 atom stereocenters. The molecule has 1 saturated heterocycles. The van der Waals surface area contributed by atoms with Gasteiger partial charge in [-0.2, -0.15) is 0 Å². The first kappa shape index (κ1) is 35.1. The van der Waals surface area contributed by atoms with Gasteiger partial charge in [-0.1, -0.05) is 165 Å². The van der Waals surface area contributed by atoms with E-state index in [1.54, 1.807) is 6.08 Å². The number of hydrogen-bond donors (Lipinski definition) is 0. The van der Waals surface area contributed by atoms with Crippen LogP contribution in [0, 0.1) is 0 Å². The Hall–Kier alpha value is -6.09. The van der Waals surface area contributed by atoms with E-state index in [-0.39, 0.29) is 13.2 Å². The number of fused-ring (bicyclic) bond motifs is 19. The van der Waals surface area contributed by atoms with Gasteiger partial charge in [0.15, 0.2) is 5.78 Å². The van der Waals surface area contributed by atoms with Crippen LogP contribution in [0.4, 0.5) is 0 Å². The fourth-order valence-electron chi connectivity index (χ4n) is 11.1. The molecule has 7 aromatic carbocycles. The molecule has 0 saturated carbocycles. The number of benzene rings is 7. The van der Waals surface area contributed by atoms with Gasteiger partial charge in [-0.05, 0) is 133 Å². The number of allylic oxidation sites excluding steroid dienone is 2. The van der Waals surface area contributed by atoms with E-state index >= 15 is 0 Å². The van der Waals surface area contributed by atoms with Crippen LogP contribution in [-0.4, -0.2) is 19.0 Å². The number of hydrogen-bond acceptors (Lipinski definition) is 2. The van der Waals surface area contributed by atoms with E-state index in [4.69, 9.17) is 7.71 Å². The average Bonchev–Trinajstić information content (AvgIpc) is 4.11. The zero-order valence-corrected chi connectivity index (χ0v) is 32.1. The predicted molar refractivity (Wildman–Crippen MR) is 240 cm³/mol. The van der Waals surface area contributed by atoms with Gasteiger partial charge < -0.3 is 4.74 Å². The van der Waals surface area contributed by atoms with Crippen molar-refractivity contribution in [3.63, 3.8) is 0 Å². The molecule has 2 nitrogen and oxygen atoms in total. The zero-order valence-electron chi connectivity index (χ0n) is 34.1. The number of rotatable bonds is 0. The van der Waals surface area contributed by atoms with Crippen LogP contribution in [0.1, 0.15) is 98.1 Å². The summed E-state index contributed by atoms with van der Waals surface area (Å²) in [5, 5.41) is 0. The summed E-state index contributed by atoms with van der Waals surface area (Å²) in [7, 11) is 0. The topological polar surface area (TPSA) is 26.3 Å². The lowest BCUT2D eigenvalue weighted by molar-refractivity contribution is -0.114. The first-order valence-electron chi connectivity index (χ1n) is 21.7. The highest BCUT2D eigenvalue weighted by molar-refractivity contribution is 5.95. The number of carbonyl (C=O) groups is 1. The van der Waals surface area contributed by atoms with Crippen molar-refractivity contribution in [2.75, 3.05) is 13.2 Å². The van der Waals surface area contributed by atoms with Crippen LogP contribution in [0.25, 0.3) is 33.4 Å². The fourth-order valence-corrected chi connectivity index (χ4v) is 11.1. The molecule has 1 aliphatic heterocycles. The summed E-state index contributed by atoms with van der Waals surface area (Å²) >= 11 is 0. The second-order valence-corrected chi connectivity index (χ2v) is 16.2. The molecule has 0 radical (unpaired) electrons. The molecule has 2 heteroatoms. The highest BCUT2D eigenvalue weighted by Crippen LogP contribution is 2.68. The molecule has 0 aromatic heterocycles. The Kier molecular flexibility index (Phi) is 8.70. The summed E-state index contributed by atoms with van der Waals surface area (Å²) in [6.07, 6.45) is 10.0. The summed E-state index contributed by atoms with van der Waals surface area (Å²) in [6, 6.07) is 60.3. The van der Waals surface area contributed by atoms with E-state index in [1.165, 1.54) is 102 Å². The third-order valence-electron chi connectivity index (χ3n) is 13.3. The van der Waals surface area contributed by atoms with Crippen molar-refractivity contribution in [2.45, 2.75) is 56.8 Å². The molecular weight excluding hydrogens is 705 g/mol. The lowest BCUT2D eigenvalue weighted by atomic mass is 9.52. The molecule has 0 bridgehead atoms. The quantitative estimate of drug-likeness (QED) is 0.154. The van der Waals surface area contributed by atoms with Gasteiger partial charge in [-0.25, -0.2) is 0 Å². The maximum absolute atomic E-state index is 10.4. The summed E-state index contributed by atoms with van der Waals surface area (Å²) in [6.45, 7) is 2.00. The molecule has 13 rings (SSSR count). The highest BCUT2D eigenvalue weighted by atomic mass is 16.5. The van der Waals surface area contributed by atoms with E-state index in [1.807, 2.05) is 6.08 Å². The van der Waals surface area contributed by atoms with E-state index in [0.717, 1.165) is 38.9 Å². The van der Waals surface area contributed by atoms with Crippen molar-refractivity contribution >= 4 is 5.78 Å². The zero-order chi connectivity index (χ0) is 40.0. The molecule has 0 N–H and O–H groups in total. The summed E-state index contributed by atoms with van der Waals surface area (Å²) < 4.78 is 14.9. The maximum atomic E-state index is 10.4. The van der Waals surface area contributed by atoms with Crippen LogP contribution in [-0.2, 0) is 26.8 Å². The van der Waals surface area contributed by atoms with Crippen LogP contribution < -0.4 is 0 Å². The Labute approximate surface area is 346 Å². The smallest absolute Gasteiger partial charge is 0.155 e.